The number of nitrogens with zero attached hydrogens (tertiary/aromatic N) is 2. The van der Waals surface area contributed by atoms with E-state index in [1.54, 1.807) is 0 Å². The second-order valence-corrected chi connectivity index (χ2v) is 3.50. The number of rotatable bonds is 2. The average Bonchev–Trinajstić information content (AvgIpc) is 2.34. The summed E-state index contributed by atoms with van der Waals surface area (Å²) in [6.45, 7) is 2.45. The number of ether oxygens (including phenoxy) is 2. The van der Waals surface area contributed by atoms with Crippen LogP contribution in [0.4, 0.5) is 4.79 Å². The molecule has 0 aromatic carbocycles. The molecule has 0 bridgehead atoms. The summed E-state index contributed by atoms with van der Waals surface area (Å²) >= 11 is 0. The van der Waals surface area contributed by atoms with Gasteiger partial charge in [0, 0.05) is 27.9 Å². The fourth-order valence-electron chi connectivity index (χ4n) is 1.46. The first-order valence-corrected chi connectivity index (χ1v) is 4.68. The summed E-state index contributed by atoms with van der Waals surface area (Å²) in [6.07, 6.45) is -1.81. The van der Waals surface area contributed by atoms with Crippen LogP contribution >= 0.6 is 0 Å². The number of amides is 2. The Morgan fingerprint density at radius 3 is 1.56 bits per heavy atom. The van der Waals surface area contributed by atoms with Gasteiger partial charge in [-0.25, -0.2) is 4.79 Å². The van der Waals surface area contributed by atoms with E-state index in [2.05, 4.69) is 0 Å². The molecule has 1 aliphatic rings. The van der Waals surface area contributed by atoms with Gasteiger partial charge in [0.05, 0.1) is 0 Å². The van der Waals surface area contributed by atoms with Crippen LogP contribution in [0.15, 0.2) is 0 Å². The van der Waals surface area contributed by atoms with Crippen LogP contribution in [0.25, 0.3) is 0 Å². The standard InChI is InChI=1S/C9H14N2O5/c1-5(12)15-7-8(16-6(2)13)11(4)9(14)10(7)3/h7-8H,1-4H3/t7-,8-/m1/s1. The molecule has 1 saturated heterocycles. The van der Waals surface area contributed by atoms with E-state index in [9.17, 15) is 14.4 Å². The molecular formula is C9H14N2O5. The molecule has 16 heavy (non-hydrogen) atoms. The van der Waals surface area contributed by atoms with E-state index in [0.29, 0.717) is 0 Å². The van der Waals surface area contributed by atoms with E-state index in [-0.39, 0.29) is 6.03 Å². The maximum absolute atomic E-state index is 11.6. The van der Waals surface area contributed by atoms with E-state index < -0.39 is 24.4 Å². The van der Waals surface area contributed by atoms with Crippen molar-refractivity contribution in [2.75, 3.05) is 14.1 Å². The average molecular weight is 230 g/mol. The SMILES string of the molecule is CC(=O)O[C@@H]1[C@@H](OC(C)=O)N(C)C(=O)N1C. The van der Waals surface area contributed by atoms with Crippen molar-refractivity contribution in [1.29, 1.82) is 0 Å². The third-order valence-electron chi connectivity index (χ3n) is 2.18. The Labute approximate surface area is 92.9 Å². The summed E-state index contributed by atoms with van der Waals surface area (Å²) < 4.78 is 9.85. The fourth-order valence-corrected chi connectivity index (χ4v) is 1.46. The van der Waals surface area contributed by atoms with Gasteiger partial charge in [-0.3, -0.25) is 19.4 Å². The summed E-state index contributed by atoms with van der Waals surface area (Å²) in [5.74, 6) is -1.09. The topological polar surface area (TPSA) is 76.1 Å². The molecule has 0 unspecified atom stereocenters. The quantitative estimate of drug-likeness (QED) is 0.612. The van der Waals surface area contributed by atoms with Gasteiger partial charge in [-0.2, -0.15) is 0 Å². The molecule has 1 aliphatic heterocycles. The summed E-state index contributed by atoms with van der Waals surface area (Å²) in [5, 5.41) is 0. The van der Waals surface area contributed by atoms with Crippen molar-refractivity contribution < 1.29 is 23.9 Å². The van der Waals surface area contributed by atoms with Gasteiger partial charge in [0.25, 0.3) is 0 Å². The first-order chi connectivity index (χ1) is 7.34. The highest BCUT2D eigenvalue weighted by molar-refractivity contribution is 5.78. The van der Waals surface area contributed by atoms with Crippen LogP contribution in [0.5, 0.6) is 0 Å². The first-order valence-electron chi connectivity index (χ1n) is 4.68. The first kappa shape index (κ1) is 12.3. The second-order valence-electron chi connectivity index (χ2n) is 3.50. The van der Waals surface area contributed by atoms with Gasteiger partial charge in [-0.1, -0.05) is 0 Å². The number of likely N-dealkylation sites (N-methyl/N-ethyl adjacent to an activating group) is 2. The predicted molar refractivity (Wildman–Crippen MR) is 52.0 cm³/mol. The predicted octanol–water partition coefficient (Wildman–Crippen LogP) is -0.238. The maximum Gasteiger partial charge on any atom is 0.325 e. The van der Waals surface area contributed by atoms with Gasteiger partial charge in [0.15, 0.2) is 0 Å². The number of hydrogen-bond donors (Lipinski definition) is 0. The third kappa shape index (κ3) is 2.23. The highest BCUT2D eigenvalue weighted by atomic mass is 16.6. The van der Waals surface area contributed by atoms with Gasteiger partial charge in [0.2, 0.25) is 12.5 Å². The van der Waals surface area contributed by atoms with Crippen LogP contribution in [0.1, 0.15) is 13.8 Å². The lowest BCUT2D eigenvalue weighted by atomic mass is 10.4. The van der Waals surface area contributed by atoms with Crippen LogP contribution in [0.3, 0.4) is 0 Å². The molecule has 0 aromatic rings. The van der Waals surface area contributed by atoms with E-state index in [4.69, 9.17) is 9.47 Å². The van der Waals surface area contributed by atoms with E-state index in [1.807, 2.05) is 0 Å². The minimum atomic E-state index is -0.904. The summed E-state index contributed by atoms with van der Waals surface area (Å²) in [5.41, 5.74) is 0. The third-order valence-corrected chi connectivity index (χ3v) is 2.18. The van der Waals surface area contributed by atoms with E-state index in [1.165, 1.54) is 37.7 Å². The molecule has 2 amide bonds. The normalized spacial score (nSPS) is 24.6. The van der Waals surface area contributed by atoms with E-state index in [0.717, 1.165) is 0 Å². The Balaban J connectivity index is 2.87. The Bertz CT molecular complexity index is 300. The largest absolute Gasteiger partial charge is 0.435 e. The molecule has 90 valence electrons. The molecule has 1 fully saturated rings. The Hall–Kier alpha value is -1.79. The van der Waals surface area contributed by atoms with Crippen LogP contribution in [0, 0.1) is 0 Å². The Morgan fingerprint density at radius 1 is 1.00 bits per heavy atom. The molecule has 0 saturated carbocycles. The number of hydrogen-bond acceptors (Lipinski definition) is 5. The van der Waals surface area contributed by atoms with Crippen molar-refractivity contribution in [3.8, 4) is 0 Å². The molecule has 7 nitrogen and oxygen atoms in total. The molecule has 2 atom stereocenters. The molecule has 7 heteroatoms. The van der Waals surface area contributed by atoms with Crippen LogP contribution < -0.4 is 0 Å². The molecule has 0 spiro atoms. The van der Waals surface area contributed by atoms with Crippen LogP contribution in [-0.2, 0) is 19.1 Å². The smallest absolute Gasteiger partial charge is 0.325 e. The van der Waals surface area contributed by atoms with Gasteiger partial charge >= 0.3 is 18.0 Å². The molecule has 0 N–H and O–H groups in total. The minimum Gasteiger partial charge on any atom is -0.435 e. The zero-order valence-corrected chi connectivity index (χ0v) is 9.59. The molecule has 0 aliphatic carbocycles. The second kappa shape index (κ2) is 4.38. The van der Waals surface area contributed by atoms with Gasteiger partial charge < -0.3 is 9.47 Å². The summed E-state index contributed by atoms with van der Waals surface area (Å²) in [4.78, 5) is 35.7. The number of carbonyl (C=O) groups is 3. The summed E-state index contributed by atoms with van der Waals surface area (Å²) in [7, 11) is 2.94. The summed E-state index contributed by atoms with van der Waals surface area (Å²) in [6, 6.07) is -0.377. The number of urea groups is 1. The molecular weight excluding hydrogens is 216 g/mol. The zero-order valence-electron chi connectivity index (χ0n) is 9.59. The lowest BCUT2D eigenvalue weighted by Crippen LogP contribution is -2.41. The molecule has 1 rings (SSSR count). The monoisotopic (exact) mass is 230 g/mol. The Morgan fingerprint density at radius 2 is 1.31 bits per heavy atom. The highest BCUT2D eigenvalue weighted by Crippen LogP contribution is 2.22. The van der Waals surface area contributed by atoms with Gasteiger partial charge in [-0.05, 0) is 0 Å². The lowest BCUT2D eigenvalue weighted by molar-refractivity contribution is -0.178. The lowest BCUT2D eigenvalue weighted by Gasteiger charge is -2.23. The van der Waals surface area contributed by atoms with Crippen molar-refractivity contribution in [2.24, 2.45) is 0 Å². The van der Waals surface area contributed by atoms with Crippen molar-refractivity contribution in [2.45, 2.75) is 26.3 Å². The maximum atomic E-state index is 11.6. The fraction of sp³-hybridized carbons (Fsp3) is 0.667. The van der Waals surface area contributed by atoms with Crippen molar-refractivity contribution in [1.82, 2.24) is 9.80 Å². The number of esters is 2. The highest BCUT2D eigenvalue weighted by Gasteiger charge is 2.46. The zero-order chi connectivity index (χ0) is 12.5. The minimum absolute atomic E-state index is 0.377. The van der Waals surface area contributed by atoms with Crippen LogP contribution in [0.2, 0.25) is 0 Å². The van der Waals surface area contributed by atoms with Crippen molar-refractivity contribution in [3.05, 3.63) is 0 Å². The molecule has 0 aromatic heterocycles. The number of carbonyl (C=O) groups excluding carboxylic acids is 3. The molecule has 0 radical (unpaired) electrons. The molecule has 1 heterocycles. The van der Waals surface area contributed by atoms with Crippen LogP contribution in [-0.4, -0.2) is 54.3 Å². The van der Waals surface area contributed by atoms with E-state index >= 15 is 0 Å². The Kier molecular flexibility index (Phi) is 3.36. The van der Waals surface area contributed by atoms with Crippen molar-refractivity contribution in [3.63, 3.8) is 0 Å². The van der Waals surface area contributed by atoms with Gasteiger partial charge in [0.1, 0.15) is 0 Å². The van der Waals surface area contributed by atoms with Gasteiger partial charge in [-0.15, -0.1) is 0 Å². The van der Waals surface area contributed by atoms with Crippen molar-refractivity contribution >= 4 is 18.0 Å².